The number of para-hydroxylation sites is 1. The number of amidine groups is 1. The van der Waals surface area contributed by atoms with Crippen molar-refractivity contribution in [2.24, 2.45) is 10.7 Å². The van der Waals surface area contributed by atoms with E-state index >= 15 is 0 Å². The van der Waals surface area contributed by atoms with Crippen molar-refractivity contribution in [1.29, 1.82) is 0 Å². The molecule has 0 aliphatic carbocycles. The maximum absolute atomic E-state index is 14.0. The molecule has 1 aliphatic heterocycles. The summed E-state index contributed by atoms with van der Waals surface area (Å²) in [5, 5.41) is 0.696. The number of ether oxygens (including phenoxy) is 1. The summed E-state index contributed by atoms with van der Waals surface area (Å²) in [4.78, 5) is 15.3. The summed E-state index contributed by atoms with van der Waals surface area (Å²) in [6.07, 6.45) is 0.848. The van der Waals surface area contributed by atoms with Crippen LogP contribution in [0, 0.1) is 18.6 Å². The number of anilines is 1. The Morgan fingerprint density at radius 2 is 1.92 bits per heavy atom. The Balaban J connectivity index is 1.39. The van der Waals surface area contributed by atoms with Gasteiger partial charge >= 0.3 is 0 Å². The molecule has 0 radical (unpaired) electrons. The lowest BCUT2D eigenvalue weighted by Gasteiger charge is -2.29. The standard InChI is InChI=1S/C27H26F2N6O/c1-15-10-18(12-21(28)24(15)29)17-7-6-16-8-9-35(13-19(16)11-17)14-23(30)32-26-20-4-3-5-22(36-2)25(20)33-27(31)34-26/h3-7,10-12H,8-9,13-14H2,1-2H3,(H4,30,31,32,33,34). The summed E-state index contributed by atoms with van der Waals surface area (Å²) in [5.74, 6) is -0.199. The van der Waals surface area contributed by atoms with Gasteiger partial charge < -0.3 is 16.2 Å². The zero-order valence-electron chi connectivity index (χ0n) is 20.1. The summed E-state index contributed by atoms with van der Waals surface area (Å²) in [5.41, 5.74) is 16.9. The second-order valence-electron chi connectivity index (χ2n) is 8.90. The number of nitrogen functional groups attached to an aromatic ring is 1. The number of aromatic nitrogens is 2. The number of benzene rings is 3. The fourth-order valence-corrected chi connectivity index (χ4v) is 4.60. The molecule has 0 atom stereocenters. The van der Waals surface area contributed by atoms with Crippen LogP contribution in [0.4, 0.5) is 20.5 Å². The number of aryl methyl sites for hydroxylation is 1. The van der Waals surface area contributed by atoms with Gasteiger partial charge in [-0.2, -0.15) is 4.98 Å². The minimum atomic E-state index is -0.844. The van der Waals surface area contributed by atoms with Crippen molar-refractivity contribution in [3.63, 3.8) is 0 Å². The molecule has 0 unspecified atom stereocenters. The third kappa shape index (κ3) is 4.57. The highest BCUT2D eigenvalue weighted by molar-refractivity contribution is 5.96. The van der Waals surface area contributed by atoms with E-state index in [0.717, 1.165) is 24.1 Å². The van der Waals surface area contributed by atoms with Gasteiger partial charge in [0.1, 0.15) is 17.1 Å². The van der Waals surface area contributed by atoms with Crippen LogP contribution in [0.15, 0.2) is 53.5 Å². The molecular formula is C27H26F2N6O. The van der Waals surface area contributed by atoms with E-state index in [4.69, 9.17) is 16.2 Å². The van der Waals surface area contributed by atoms with Crippen molar-refractivity contribution in [2.75, 3.05) is 25.9 Å². The third-order valence-corrected chi connectivity index (χ3v) is 6.38. The Morgan fingerprint density at radius 1 is 1.08 bits per heavy atom. The SMILES string of the molecule is COc1cccc2c(N=C(N)CN3CCc4ccc(-c5cc(C)c(F)c(F)c5)cc4C3)nc(N)nc12. The van der Waals surface area contributed by atoms with E-state index in [2.05, 4.69) is 25.9 Å². The molecule has 1 aromatic heterocycles. The van der Waals surface area contributed by atoms with Gasteiger partial charge in [-0.15, -0.1) is 0 Å². The van der Waals surface area contributed by atoms with Gasteiger partial charge in [-0.05, 0) is 71.5 Å². The highest BCUT2D eigenvalue weighted by Gasteiger charge is 2.19. The molecule has 0 fully saturated rings. The second-order valence-corrected chi connectivity index (χ2v) is 8.90. The second kappa shape index (κ2) is 9.50. The predicted octanol–water partition coefficient (Wildman–Crippen LogP) is 4.52. The van der Waals surface area contributed by atoms with Crippen LogP contribution in [-0.4, -0.2) is 40.9 Å². The van der Waals surface area contributed by atoms with E-state index in [0.29, 0.717) is 47.0 Å². The number of nitrogens with zero attached hydrogens (tertiary/aromatic N) is 4. The zero-order valence-corrected chi connectivity index (χ0v) is 20.1. The summed E-state index contributed by atoms with van der Waals surface area (Å²) in [6.45, 7) is 3.47. The van der Waals surface area contributed by atoms with E-state index in [1.54, 1.807) is 26.2 Å². The van der Waals surface area contributed by atoms with E-state index < -0.39 is 11.6 Å². The van der Waals surface area contributed by atoms with Crippen molar-refractivity contribution >= 4 is 28.5 Å². The first kappa shape index (κ1) is 23.6. The lowest BCUT2D eigenvalue weighted by molar-refractivity contribution is 0.289. The molecule has 2 heterocycles. The van der Waals surface area contributed by atoms with Gasteiger partial charge in [0, 0.05) is 18.5 Å². The van der Waals surface area contributed by atoms with Crippen LogP contribution in [0.5, 0.6) is 5.75 Å². The van der Waals surface area contributed by atoms with Gasteiger partial charge in [0.25, 0.3) is 0 Å². The lowest BCUT2D eigenvalue weighted by Crippen LogP contribution is -2.37. The number of aliphatic imine (C=N–C) groups is 1. The summed E-state index contributed by atoms with van der Waals surface area (Å²) in [6, 6.07) is 14.4. The monoisotopic (exact) mass is 488 g/mol. The van der Waals surface area contributed by atoms with Gasteiger partial charge in [-0.1, -0.05) is 18.2 Å². The molecule has 7 nitrogen and oxygen atoms in total. The number of methoxy groups -OCH3 is 1. The fourth-order valence-electron chi connectivity index (χ4n) is 4.60. The van der Waals surface area contributed by atoms with Gasteiger partial charge in [0.05, 0.1) is 13.7 Å². The average molecular weight is 489 g/mol. The highest BCUT2D eigenvalue weighted by Crippen LogP contribution is 2.31. The first-order valence-corrected chi connectivity index (χ1v) is 11.6. The van der Waals surface area contributed by atoms with Gasteiger partial charge in [0.15, 0.2) is 17.5 Å². The molecule has 0 spiro atoms. The normalized spacial score (nSPS) is 14.2. The Hall–Kier alpha value is -4.11. The van der Waals surface area contributed by atoms with Crippen LogP contribution in [0.25, 0.3) is 22.0 Å². The van der Waals surface area contributed by atoms with Crippen LogP contribution < -0.4 is 16.2 Å². The van der Waals surface area contributed by atoms with Crippen LogP contribution in [-0.2, 0) is 13.0 Å². The van der Waals surface area contributed by atoms with Gasteiger partial charge in [-0.3, -0.25) is 4.90 Å². The Kier molecular flexibility index (Phi) is 6.24. The molecule has 9 heteroatoms. The average Bonchev–Trinajstić information content (AvgIpc) is 2.86. The molecule has 0 saturated carbocycles. The third-order valence-electron chi connectivity index (χ3n) is 6.38. The van der Waals surface area contributed by atoms with Gasteiger partial charge in [0.2, 0.25) is 5.95 Å². The van der Waals surface area contributed by atoms with Crippen molar-refractivity contribution in [3.8, 4) is 16.9 Å². The number of nitrogens with two attached hydrogens (primary N) is 2. The van der Waals surface area contributed by atoms with Gasteiger partial charge in [-0.25, -0.2) is 18.8 Å². The molecule has 5 rings (SSSR count). The molecule has 0 bridgehead atoms. The zero-order chi connectivity index (χ0) is 25.4. The molecule has 0 saturated heterocycles. The molecule has 36 heavy (non-hydrogen) atoms. The molecule has 4 aromatic rings. The first-order chi connectivity index (χ1) is 17.3. The maximum atomic E-state index is 14.0. The number of hydrogen-bond donors (Lipinski definition) is 2. The molecule has 0 amide bonds. The van der Waals surface area contributed by atoms with Crippen LogP contribution in [0.1, 0.15) is 16.7 Å². The van der Waals surface area contributed by atoms with E-state index in [9.17, 15) is 8.78 Å². The van der Waals surface area contributed by atoms with Crippen molar-refractivity contribution in [2.45, 2.75) is 19.9 Å². The number of fused-ring (bicyclic) bond motifs is 2. The van der Waals surface area contributed by atoms with Crippen molar-refractivity contribution in [1.82, 2.24) is 14.9 Å². The smallest absolute Gasteiger partial charge is 0.222 e. The topological polar surface area (TPSA) is 103 Å². The summed E-state index contributed by atoms with van der Waals surface area (Å²) >= 11 is 0. The van der Waals surface area contributed by atoms with E-state index in [1.165, 1.54) is 11.6 Å². The molecule has 4 N–H and O–H groups in total. The Labute approximate surface area is 207 Å². The van der Waals surface area contributed by atoms with E-state index in [-0.39, 0.29) is 11.5 Å². The lowest BCUT2D eigenvalue weighted by atomic mass is 9.94. The van der Waals surface area contributed by atoms with E-state index in [1.807, 2.05) is 24.3 Å². The quantitative estimate of drug-likeness (QED) is 0.316. The van der Waals surface area contributed by atoms with Crippen molar-refractivity contribution < 1.29 is 13.5 Å². The molecule has 3 aromatic carbocycles. The Morgan fingerprint density at radius 3 is 2.69 bits per heavy atom. The number of hydrogen-bond acceptors (Lipinski definition) is 6. The van der Waals surface area contributed by atoms with Crippen LogP contribution >= 0.6 is 0 Å². The number of rotatable bonds is 5. The van der Waals surface area contributed by atoms with Crippen LogP contribution in [0.3, 0.4) is 0 Å². The molecular weight excluding hydrogens is 462 g/mol. The molecule has 184 valence electrons. The molecule has 1 aliphatic rings. The summed E-state index contributed by atoms with van der Waals surface area (Å²) < 4.78 is 33.1. The largest absolute Gasteiger partial charge is 0.494 e. The summed E-state index contributed by atoms with van der Waals surface area (Å²) in [7, 11) is 1.57. The Bertz CT molecular complexity index is 1480. The minimum absolute atomic E-state index is 0.0884. The minimum Gasteiger partial charge on any atom is -0.494 e. The predicted molar refractivity (Wildman–Crippen MR) is 137 cm³/mol. The van der Waals surface area contributed by atoms with Crippen LogP contribution in [0.2, 0.25) is 0 Å². The fraction of sp³-hybridized carbons (Fsp3) is 0.222. The maximum Gasteiger partial charge on any atom is 0.222 e. The van der Waals surface area contributed by atoms with Crippen molar-refractivity contribution in [3.05, 3.63) is 76.9 Å². The highest BCUT2D eigenvalue weighted by atomic mass is 19.2. The number of halogens is 2. The first-order valence-electron chi connectivity index (χ1n) is 11.6.